The Labute approximate surface area is 198 Å². The van der Waals surface area contributed by atoms with Crippen molar-refractivity contribution < 1.29 is 9.53 Å². The molecular formula is C26H27ClN2O2S. The van der Waals surface area contributed by atoms with Crippen molar-refractivity contribution in [2.24, 2.45) is 0 Å². The van der Waals surface area contributed by atoms with Gasteiger partial charge < -0.3 is 15.0 Å². The molecule has 0 aliphatic carbocycles. The van der Waals surface area contributed by atoms with Gasteiger partial charge in [0, 0.05) is 40.9 Å². The molecule has 0 spiro atoms. The van der Waals surface area contributed by atoms with Gasteiger partial charge in [0.15, 0.2) is 0 Å². The minimum absolute atomic E-state index is 0.0410. The second kappa shape index (κ2) is 10.8. The molecule has 0 radical (unpaired) electrons. The monoisotopic (exact) mass is 466 g/mol. The lowest BCUT2D eigenvalue weighted by molar-refractivity contribution is 0.0954. The van der Waals surface area contributed by atoms with Gasteiger partial charge in [-0.2, -0.15) is 0 Å². The minimum atomic E-state index is -0.0410. The van der Waals surface area contributed by atoms with Crippen molar-refractivity contribution >= 4 is 35.0 Å². The van der Waals surface area contributed by atoms with Crippen LogP contribution in [0, 0.1) is 0 Å². The second-order valence-electron chi connectivity index (χ2n) is 7.66. The van der Waals surface area contributed by atoms with Crippen LogP contribution in [-0.2, 0) is 13.0 Å². The third-order valence-corrected chi connectivity index (χ3v) is 6.70. The Morgan fingerprint density at radius 3 is 2.56 bits per heavy atom. The molecule has 1 amide bonds. The summed E-state index contributed by atoms with van der Waals surface area (Å²) in [7, 11) is 0. The first-order valence-electron chi connectivity index (χ1n) is 10.9. The van der Waals surface area contributed by atoms with E-state index in [4.69, 9.17) is 16.3 Å². The Morgan fingerprint density at radius 2 is 1.81 bits per heavy atom. The van der Waals surface area contributed by atoms with Gasteiger partial charge in [-0.15, -0.1) is 11.8 Å². The third kappa shape index (κ3) is 5.78. The number of benzene rings is 3. The van der Waals surface area contributed by atoms with Crippen molar-refractivity contribution in [1.29, 1.82) is 0 Å². The van der Waals surface area contributed by atoms with E-state index in [0.717, 1.165) is 41.7 Å². The lowest BCUT2D eigenvalue weighted by Gasteiger charge is -2.31. The van der Waals surface area contributed by atoms with Crippen LogP contribution in [0.25, 0.3) is 0 Å². The number of carbonyl (C=O) groups excluding carboxylic acids is 1. The highest BCUT2D eigenvalue weighted by Crippen LogP contribution is 2.36. The predicted molar refractivity (Wildman–Crippen MR) is 133 cm³/mol. The number of nitrogens with zero attached hydrogens (tertiary/aromatic N) is 1. The highest BCUT2D eigenvalue weighted by atomic mass is 35.5. The highest BCUT2D eigenvalue weighted by Gasteiger charge is 2.19. The lowest BCUT2D eigenvalue weighted by atomic mass is 10.1. The van der Waals surface area contributed by atoms with Crippen LogP contribution in [0.4, 0.5) is 5.69 Å². The molecule has 1 aliphatic heterocycles. The zero-order valence-corrected chi connectivity index (χ0v) is 19.7. The molecule has 4 nitrogen and oxygen atoms in total. The summed E-state index contributed by atoms with van der Waals surface area (Å²) in [6.07, 6.45) is 0.779. The standard InChI is InChI=1S/C26H27ClN2O2S/c1-2-31-23-10-5-19(6-11-23)13-14-28-26(30)21-7-12-25-24(17-21)29(15-16-32-25)18-20-3-8-22(27)9-4-20/h3-12,17H,2,13-16,18H2,1H3,(H,28,30). The molecule has 3 aromatic carbocycles. The normalized spacial score (nSPS) is 12.9. The van der Waals surface area contributed by atoms with Crippen LogP contribution in [0.15, 0.2) is 71.6 Å². The molecule has 0 bridgehead atoms. The fraction of sp³-hybridized carbons (Fsp3) is 0.269. The topological polar surface area (TPSA) is 41.6 Å². The average molecular weight is 467 g/mol. The zero-order chi connectivity index (χ0) is 22.3. The van der Waals surface area contributed by atoms with Crippen LogP contribution in [-0.4, -0.2) is 31.4 Å². The summed E-state index contributed by atoms with van der Waals surface area (Å²) in [4.78, 5) is 16.3. The molecule has 0 fully saturated rings. The fourth-order valence-electron chi connectivity index (χ4n) is 3.73. The van der Waals surface area contributed by atoms with E-state index in [1.165, 1.54) is 16.0 Å². The molecule has 0 aromatic heterocycles. The molecule has 166 valence electrons. The highest BCUT2D eigenvalue weighted by molar-refractivity contribution is 7.99. The van der Waals surface area contributed by atoms with Gasteiger partial charge in [-0.3, -0.25) is 4.79 Å². The van der Waals surface area contributed by atoms with Crippen LogP contribution in [0.3, 0.4) is 0 Å². The van der Waals surface area contributed by atoms with E-state index in [1.54, 1.807) is 0 Å². The largest absolute Gasteiger partial charge is 0.494 e. The Bertz CT molecular complexity index is 1050. The van der Waals surface area contributed by atoms with Gasteiger partial charge >= 0.3 is 0 Å². The smallest absolute Gasteiger partial charge is 0.251 e. The molecule has 3 aromatic rings. The number of hydrogen-bond donors (Lipinski definition) is 1. The maximum absolute atomic E-state index is 12.8. The predicted octanol–water partition coefficient (Wildman–Crippen LogP) is 5.82. The first-order valence-corrected chi connectivity index (χ1v) is 12.2. The second-order valence-corrected chi connectivity index (χ2v) is 9.24. The van der Waals surface area contributed by atoms with Crippen molar-refractivity contribution in [3.63, 3.8) is 0 Å². The Kier molecular flexibility index (Phi) is 7.61. The quantitative estimate of drug-likeness (QED) is 0.454. The lowest BCUT2D eigenvalue weighted by Crippen LogP contribution is -2.30. The summed E-state index contributed by atoms with van der Waals surface area (Å²) in [5.41, 5.74) is 4.19. The fourth-order valence-corrected chi connectivity index (χ4v) is 4.89. The number of halogens is 1. The number of anilines is 1. The molecule has 0 unspecified atom stereocenters. The number of rotatable bonds is 8. The van der Waals surface area contributed by atoms with Gasteiger partial charge in [0.25, 0.3) is 5.91 Å². The number of fused-ring (bicyclic) bond motifs is 1. The van der Waals surface area contributed by atoms with E-state index in [-0.39, 0.29) is 5.91 Å². The first kappa shape index (κ1) is 22.6. The first-order chi connectivity index (χ1) is 15.6. The van der Waals surface area contributed by atoms with Gasteiger partial charge in [0.05, 0.1) is 12.3 Å². The number of nitrogens with one attached hydrogen (secondary N) is 1. The summed E-state index contributed by atoms with van der Waals surface area (Å²) in [5.74, 6) is 1.87. The molecule has 0 saturated heterocycles. The third-order valence-electron chi connectivity index (χ3n) is 5.40. The van der Waals surface area contributed by atoms with E-state index in [2.05, 4.69) is 28.4 Å². The molecule has 0 atom stereocenters. The Balaban J connectivity index is 1.38. The van der Waals surface area contributed by atoms with E-state index in [9.17, 15) is 4.79 Å². The number of carbonyl (C=O) groups is 1. The van der Waals surface area contributed by atoms with Crippen LogP contribution >= 0.6 is 23.4 Å². The number of ether oxygens (including phenoxy) is 1. The summed E-state index contributed by atoms with van der Waals surface area (Å²) in [5, 5.41) is 3.80. The maximum atomic E-state index is 12.8. The number of thioether (sulfide) groups is 1. The number of amides is 1. The summed E-state index contributed by atoms with van der Waals surface area (Å²) in [6.45, 7) is 4.97. The molecule has 6 heteroatoms. The molecular weight excluding hydrogens is 440 g/mol. The number of hydrogen-bond acceptors (Lipinski definition) is 4. The van der Waals surface area contributed by atoms with Crippen molar-refractivity contribution in [2.75, 3.05) is 30.3 Å². The summed E-state index contributed by atoms with van der Waals surface area (Å²) >= 11 is 7.87. The van der Waals surface area contributed by atoms with E-state index < -0.39 is 0 Å². The van der Waals surface area contributed by atoms with Crippen LogP contribution < -0.4 is 15.0 Å². The van der Waals surface area contributed by atoms with Gasteiger partial charge in [0.1, 0.15) is 5.75 Å². The maximum Gasteiger partial charge on any atom is 0.251 e. The van der Waals surface area contributed by atoms with Gasteiger partial charge in [-0.25, -0.2) is 0 Å². The molecule has 32 heavy (non-hydrogen) atoms. The summed E-state index contributed by atoms with van der Waals surface area (Å²) < 4.78 is 5.48. The molecule has 1 N–H and O–H groups in total. The van der Waals surface area contributed by atoms with Crippen molar-refractivity contribution in [3.8, 4) is 5.75 Å². The van der Waals surface area contributed by atoms with Gasteiger partial charge in [-0.1, -0.05) is 35.9 Å². The van der Waals surface area contributed by atoms with Crippen molar-refractivity contribution in [2.45, 2.75) is 24.8 Å². The molecule has 0 saturated carbocycles. The Hall–Kier alpha value is -2.63. The van der Waals surface area contributed by atoms with E-state index >= 15 is 0 Å². The zero-order valence-electron chi connectivity index (χ0n) is 18.1. The van der Waals surface area contributed by atoms with Crippen LogP contribution in [0.2, 0.25) is 5.02 Å². The van der Waals surface area contributed by atoms with E-state index in [0.29, 0.717) is 18.7 Å². The van der Waals surface area contributed by atoms with Gasteiger partial charge in [0.2, 0.25) is 0 Å². The van der Waals surface area contributed by atoms with Crippen LogP contribution in [0.5, 0.6) is 5.75 Å². The van der Waals surface area contributed by atoms with Gasteiger partial charge in [-0.05, 0) is 66.9 Å². The van der Waals surface area contributed by atoms with Crippen molar-refractivity contribution in [1.82, 2.24) is 5.32 Å². The SMILES string of the molecule is CCOc1ccc(CCNC(=O)c2ccc3c(c2)N(Cc2ccc(Cl)cc2)CCS3)cc1. The summed E-state index contributed by atoms with van der Waals surface area (Å²) in [6, 6.07) is 22.0. The molecule has 1 aliphatic rings. The van der Waals surface area contributed by atoms with E-state index in [1.807, 2.05) is 67.2 Å². The Morgan fingerprint density at radius 1 is 1.06 bits per heavy atom. The average Bonchev–Trinajstić information content (AvgIpc) is 2.82. The van der Waals surface area contributed by atoms with Crippen LogP contribution in [0.1, 0.15) is 28.4 Å². The molecule has 1 heterocycles. The molecule has 4 rings (SSSR count). The minimum Gasteiger partial charge on any atom is -0.494 e. The van der Waals surface area contributed by atoms with Crippen molar-refractivity contribution in [3.05, 3.63) is 88.4 Å².